The summed E-state index contributed by atoms with van der Waals surface area (Å²) in [7, 11) is 0. The van der Waals surface area contributed by atoms with Crippen molar-refractivity contribution in [3.8, 4) is 0 Å². The number of rotatable bonds is 1. The molecule has 0 bridgehead atoms. The molecular formula is C9H9F5N+. The summed E-state index contributed by atoms with van der Waals surface area (Å²) in [5, 5.41) is 0. The highest BCUT2D eigenvalue weighted by atomic mass is 19.4. The summed E-state index contributed by atoms with van der Waals surface area (Å²) in [6.45, 7) is 0.544. The van der Waals surface area contributed by atoms with Crippen LogP contribution in [-0.4, -0.2) is 0 Å². The van der Waals surface area contributed by atoms with Gasteiger partial charge in [0.25, 0.3) is 5.92 Å². The third-order valence-electron chi connectivity index (χ3n) is 1.83. The van der Waals surface area contributed by atoms with Gasteiger partial charge in [-0.2, -0.15) is 13.2 Å². The molecule has 1 aromatic carbocycles. The first-order valence-corrected chi connectivity index (χ1v) is 4.03. The van der Waals surface area contributed by atoms with Crippen LogP contribution in [0.25, 0.3) is 0 Å². The van der Waals surface area contributed by atoms with Crippen LogP contribution in [0.5, 0.6) is 0 Å². The van der Waals surface area contributed by atoms with E-state index in [0.717, 1.165) is 12.1 Å². The topological polar surface area (TPSA) is 27.6 Å². The molecule has 1 aromatic rings. The van der Waals surface area contributed by atoms with Crippen LogP contribution in [0.15, 0.2) is 18.2 Å². The molecule has 1 rings (SSSR count). The monoisotopic (exact) mass is 226 g/mol. The highest BCUT2D eigenvalue weighted by molar-refractivity contribution is 5.40. The minimum absolute atomic E-state index is 0.0821. The standard InChI is InChI=1S/C9H8F5N/c1-8(10,11)5-2-6(9(12,13)14)4-7(15)3-5/h2-4H,15H2,1H3/p+1. The van der Waals surface area contributed by atoms with Gasteiger partial charge in [0.05, 0.1) is 5.56 Å². The van der Waals surface area contributed by atoms with Gasteiger partial charge in [0.2, 0.25) is 0 Å². The molecule has 0 aliphatic heterocycles. The SMILES string of the molecule is CC(F)(F)c1cc([NH3+])cc(C(F)(F)F)c1. The Morgan fingerprint density at radius 1 is 0.933 bits per heavy atom. The number of quaternary nitrogens is 1. The van der Waals surface area contributed by atoms with Gasteiger partial charge in [-0.05, 0) is 6.07 Å². The Morgan fingerprint density at radius 2 is 1.40 bits per heavy atom. The fourth-order valence-electron chi connectivity index (χ4n) is 1.11. The van der Waals surface area contributed by atoms with E-state index in [2.05, 4.69) is 5.73 Å². The van der Waals surface area contributed by atoms with Crippen molar-refractivity contribution in [1.29, 1.82) is 0 Å². The Kier molecular flexibility index (Phi) is 2.73. The molecule has 0 aliphatic rings. The van der Waals surface area contributed by atoms with Gasteiger partial charge in [-0.15, -0.1) is 0 Å². The lowest BCUT2D eigenvalue weighted by atomic mass is 10.0. The third kappa shape index (κ3) is 2.89. The fraction of sp³-hybridized carbons (Fsp3) is 0.333. The van der Waals surface area contributed by atoms with Crippen molar-refractivity contribution in [3.05, 3.63) is 29.3 Å². The van der Waals surface area contributed by atoms with Gasteiger partial charge in [-0.3, -0.25) is 0 Å². The lowest BCUT2D eigenvalue weighted by molar-refractivity contribution is -0.255. The van der Waals surface area contributed by atoms with Gasteiger partial charge < -0.3 is 5.73 Å². The van der Waals surface area contributed by atoms with E-state index < -0.39 is 23.2 Å². The number of halogens is 5. The number of alkyl halides is 5. The average molecular weight is 226 g/mol. The zero-order valence-corrected chi connectivity index (χ0v) is 7.83. The molecule has 6 heteroatoms. The normalized spacial score (nSPS) is 13.0. The van der Waals surface area contributed by atoms with Crippen LogP contribution in [-0.2, 0) is 12.1 Å². The largest absolute Gasteiger partial charge is 0.416 e. The Labute approximate surface area is 82.7 Å². The van der Waals surface area contributed by atoms with Crippen LogP contribution in [0.1, 0.15) is 18.1 Å². The van der Waals surface area contributed by atoms with Gasteiger partial charge in [-0.25, -0.2) is 8.78 Å². The second-order valence-corrected chi connectivity index (χ2v) is 3.30. The molecule has 3 N–H and O–H groups in total. The van der Waals surface area contributed by atoms with Crippen molar-refractivity contribution in [1.82, 2.24) is 0 Å². The molecule has 0 saturated heterocycles. The highest BCUT2D eigenvalue weighted by Crippen LogP contribution is 2.35. The first kappa shape index (κ1) is 11.9. The van der Waals surface area contributed by atoms with E-state index in [9.17, 15) is 22.0 Å². The van der Waals surface area contributed by atoms with Gasteiger partial charge in [0.1, 0.15) is 5.69 Å². The summed E-state index contributed by atoms with van der Waals surface area (Å²) in [6, 6.07) is 2.11. The van der Waals surface area contributed by atoms with Crippen LogP contribution in [0.3, 0.4) is 0 Å². The van der Waals surface area contributed by atoms with E-state index in [1.807, 2.05) is 0 Å². The lowest BCUT2D eigenvalue weighted by Gasteiger charge is -2.13. The Morgan fingerprint density at radius 3 is 1.80 bits per heavy atom. The van der Waals surface area contributed by atoms with Crippen molar-refractivity contribution in [2.45, 2.75) is 19.0 Å². The molecule has 0 fully saturated rings. The molecule has 0 atom stereocenters. The number of hydrogen-bond donors (Lipinski definition) is 1. The summed E-state index contributed by atoms with van der Waals surface area (Å²) >= 11 is 0. The molecular weight excluding hydrogens is 217 g/mol. The van der Waals surface area contributed by atoms with E-state index in [-0.39, 0.29) is 5.69 Å². The Bertz CT molecular complexity index is 331. The number of hydrogen-bond acceptors (Lipinski definition) is 0. The van der Waals surface area contributed by atoms with E-state index in [1.54, 1.807) is 0 Å². The zero-order chi connectivity index (χ0) is 11.9. The molecule has 0 spiro atoms. The van der Waals surface area contributed by atoms with Crippen LogP contribution in [0.2, 0.25) is 0 Å². The maximum atomic E-state index is 12.8. The van der Waals surface area contributed by atoms with Crippen LogP contribution in [0, 0.1) is 0 Å². The van der Waals surface area contributed by atoms with E-state index in [0.29, 0.717) is 13.0 Å². The highest BCUT2D eigenvalue weighted by Gasteiger charge is 2.34. The van der Waals surface area contributed by atoms with Gasteiger partial charge in [0, 0.05) is 24.6 Å². The molecule has 0 aromatic heterocycles. The van der Waals surface area contributed by atoms with Crippen LogP contribution >= 0.6 is 0 Å². The Balaban J connectivity index is 3.30. The predicted octanol–water partition coefficient (Wildman–Crippen LogP) is 2.69. The maximum absolute atomic E-state index is 12.8. The third-order valence-corrected chi connectivity index (χ3v) is 1.83. The van der Waals surface area contributed by atoms with Crippen molar-refractivity contribution < 1.29 is 27.7 Å². The molecule has 0 unspecified atom stereocenters. The Hall–Kier alpha value is -1.17. The fourth-order valence-corrected chi connectivity index (χ4v) is 1.11. The van der Waals surface area contributed by atoms with Crippen molar-refractivity contribution in [2.75, 3.05) is 0 Å². The summed E-state index contributed by atoms with van der Waals surface area (Å²) in [5.74, 6) is -3.30. The summed E-state index contributed by atoms with van der Waals surface area (Å²) in [4.78, 5) is 0. The molecule has 1 nitrogen and oxygen atoms in total. The molecule has 0 amide bonds. The van der Waals surface area contributed by atoms with E-state index in [4.69, 9.17) is 0 Å². The van der Waals surface area contributed by atoms with Crippen molar-refractivity contribution >= 4 is 5.69 Å². The predicted molar refractivity (Wildman–Crippen MR) is 43.6 cm³/mol. The molecule has 0 saturated carbocycles. The lowest BCUT2D eigenvalue weighted by Crippen LogP contribution is -2.40. The molecule has 15 heavy (non-hydrogen) atoms. The van der Waals surface area contributed by atoms with E-state index in [1.165, 1.54) is 0 Å². The number of benzene rings is 1. The second-order valence-electron chi connectivity index (χ2n) is 3.30. The second kappa shape index (κ2) is 3.44. The zero-order valence-electron chi connectivity index (χ0n) is 7.83. The maximum Gasteiger partial charge on any atom is 0.416 e. The molecule has 0 heterocycles. The van der Waals surface area contributed by atoms with Gasteiger partial charge in [-0.1, -0.05) is 0 Å². The van der Waals surface area contributed by atoms with Crippen molar-refractivity contribution in [3.63, 3.8) is 0 Å². The van der Waals surface area contributed by atoms with Crippen molar-refractivity contribution in [2.24, 2.45) is 0 Å². The molecule has 84 valence electrons. The van der Waals surface area contributed by atoms with Crippen LogP contribution in [0.4, 0.5) is 27.6 Å². The van der Waals surface area contributed by atoms with E-state index >= 15 is 0 Å². The van der Waals surface area contributed by atoms with Gasteiger partial charge in [0.15, 0.2) is 0 Å². The summed E-state index contributed by atoms with van der Waals surface area (Å²) < 4.78 is 62.4. The first-order chi connectivity index (χ1) is 6.60. The van der Waals surface area contributed by atoms with Crippen LogP contribution < -0.4 is 5.73 Å². The first-order valence-electron chi connectivity index (χ1n) is 4.03. The smallest absolute Gasteiger partial charge is 0.325 e. The molecule has 0 aliphatic carbocycles. The summed E-state index contributed by atoms with van der Waals surface area (Å²) in [5.41, 5.74) is 1.37. The minimum atomic E-state index is -4.63. The van der Waals surface area contributed by atoms with Gasteiger partial charge >= 0.3 is 6.18 Å². The minimum Gasteiger partial charge on any atom is -0.325 e. The quantitative estimate of drug-likeness (QED) is 0.713. The average Bonchev–Trinajstić information content (AvgIpc) is 1.99. The summed E-state index contributed by atoms with van der Waals surface area (Å²) in [6.07, 6.45) is -4.63. The molecule has 0 radical (unpaired) electrons.